The molecule has 0 aromatic carbocycles. The van der Waals surface area contributed by atoms with Gasteiger partial charge in [0.1, 0.15) is 6.04 Å². The molecule has 0 saturated carbocycles. The minimum atomic E-state index is -1.42. The molecule has 96 valence electrons. The first-order chi connectivity index (χ1) is 8.47. The van der Waals surface area contributed by atoms with Gasteiger partial charge in [-0.1, -0.05) is 6.08 Å². The molecular weight excluding hydrogens is 246 g/mol. The third kappa shape index (κ3) is 3.09. The zero-order valence-corrected chi connectivity index (χ0v) is 9.19. The SMILES string of the molecule is C=CCC(NC(=O)c1ccnc(F)c1F)C(=O)O. The van der Waals surface area contributed by atoms with E-state index in [1.54, 1.807) is 0 Å². The lowest BCUT2D eigenvalue weighted by Gasteiger charge is -2.12. The lowest BCUT2D eigenvalue weighted by molar-refractivity contribution is -0.139. The van der Waals surface area contributed by atoms with Gasteiger partial charge in [-0.25, -0.2) is 14.2 Å². The highest BCUT2D eigenvalue weighted by Gasteiger charge is 2.22. The highest BCUT2D eigenvalue weighted by Crippen LogP contribution is 2.09. The molecule has 1 aromatic rings. The Morgan fingerprint density at radius 3 is 2.78 bits per heavy atom. The second-order valence-electron chi connectivity index (χ2n) is 3.35. The van der Waals surface area contributed by atoms with E-state index in [0.29, 0.717) is 0 Å². The maximum atomic E-state index is 13.2. The summed E-state index contributed by atoms with van der Waals surface area (Å²) in [5.74, 6) is -5.16. The number of amides is 1. The van der Waals surface area contributed by atoms with Crippen molar-refractivity contribution >= 4 is 11.9 Å². The number of aromatic nitrogens is 1. The van der Waals surface area contributed by atoms with Gasteiger partial charge < -0.3 is 10.4 Å². The van der Waals surface area contributed by atoms with Crippen molar-refractivity contribution in [2.24, 2.45) is 0 Å². The third-order valence-electron chi connectivity index (χ3n) is 2.10. The van der Waals surface area contributed by atoms with Crippen molar-refractivity contribution in [3.8, 4) is 0 Å². The molecule has 0 bridgehead atoms. The lowest BCUT2D eigenvalue weighted by atomic mass is 10.1. The molecule has 0 aliphatic heterocycles. The molecular formula is C11H10F2N2O3. The quantitative estimate of drug-likeness (QED) is 0.611. The average molecular weight is 256 g/mol. The van der Waals surface area contributed by atoms with Crippen LogP contribution in [0.15, 0.2) is 24.9 Å². The summed E-state index contributed by atoms with van der Waals surface area (Å²) in [6.07, 6.45) is 2.18. The number of rotatable bonds is 5. The van der Waals surface area contributed by atoms with Gasteiger partial charge in [-0.2, -0.15) is 4.39 Å². The molecule has 1 amide bonds. The second-order valence-corrected chi connectivity index (χ2v) is 3.35. The van der Waals surface area contributed by atoms with Gasteiger partial charge in [-0.3, -0.25) is 4.79 Å². The monoisotopic (exact) mass is 256 g/mol. The molecule has 0 spiro atoms. The van der Waals surface area contributed by atoms with Crippen LogP contribution in [0.2, 0.25) is 0 Å². The van der Waals surface area contributed by atoms with Crippen LogP contribution in [0.3, 0.4) is 0 Å². The van der Waals surface area contributed by atoms with E-state index >= 15 is 0 Å². The Hall–Kier alpha value is -2.31. The number of carbonyl (C=O) groups excluding carboxylic acids is 1. The molecule has 2 N–H and O–H groups in total. The number of carboxylic acid groups (broad SMARTS) is 1. The van der Waals surface area contributed by atoms with Gasteiger partial charge in [0.2, 0.25) is 5.95 Å². The van der Waals surface area contributed by atoms with E-state index < -0.39 is 35.2 Å². The molecule has 7 heteroatoms. The molecule has 5 nitrogen and oxygen atoms in total. The van der Waals surface area contributed by atoms with E-state index in [2.05, 4.69) is 16.9 Å². The number of nitrogens with one attached hydrogen (secondary N) is 1. The maximum Gasteiger partial charge on any atom is 0.326 e. The van der Waals surface area contributed by atoms with E-state index in [1.807, 2.05) is 0 Å². The number of hydrogen-bond donors (Lipinski definition) is 2. The normalized spacial score (nSPS) is 11.7. The number of hydrogen-bond acceptors (Lipinski definition) is 3. The van der Waals surface area contributed by atoms with E-state index in [4.69, 9.17) is 5.11 Å². The fourth-order valence-electron chi connectivity index (χ4n) is 1.22. The number of carbonyl (C=O) groups is 2. The largest absolute Gasteiger partial charge is 0.480 e. The molecule has 0 aliphatic carbocycles. The van der Waals surface area contributed by atoms with Crippen molar-refractivity contribution in [2.45, 2.75) is 12.5 Å². The van der Waals surface area contributed by atoms with Crippen molar-refractivity contribution in [3.63, 3.8) is 0 Å². The van der Waals surface area contributed by atoms with Crippen molar-refractivity contribution in [1.82, 2.24) is 10.3 Å². The van der Waals surface area contributed by atoms with Crippen LogP contribution >= 0.6 is 0 Å². The summed E-state index contributed by atoms with van der Waals surface area (Å²) >= 11 is 0. The number of nitrogens with zero attached hydrogens (tertiary/aromatic N) is 1. The Morgan fingerprint density at radius 2 is 2.22 bits per heavy atom. The standard InChI is InChI=1S/C11H10F2N2O3/c1-2-3-7(11(17)18)15-10(16)6-4-5-14-9(13)8(6)12/h2,4-5,7H,1,3H2,(H,15,16)(H,17,18). The van der Waals surface area contributed by atoms with Crippen LogP contribution in [-0.2, 0) is 4.79 Å². The van der Waals surface area contributed by atoms with Crippen LogP contribution in [0, 0.1) is 11.8 Å². The molecule has 1 rings (SSSR count). The predicted octanol–water partition coefficient (Wildman–Crippen LogP) is 1.12. The molecule has 0 radical (unpaired) electrons. The highest BCUT2D eigenvalue weighted by molar-refractivity contribution is 5.96. The van der Waals surface area contributed by atoms with Crippen molar-refractivity contribution in [1.29, 1.82) is 0 Å². The highest BCUT2D eigenvalue weighted by atomic mass is 19.2. The van der Waals surface area contributed by atoms with Crippen LogP contribution < -0.4 is 5.32 Å². The van der Waals surface area contributed by atoms with Crippen LogP contribution in [-0.4, -0.2) is 28.0 Å². The number of pyridine rings is 1. The van der Waals surface area contributed by atoms with Crippen LogP contribution in [0.25, 0.3) is 0 Å². The summed E-state index contributed by atoms with van der Waals surface area (Å²) in [4.78, 5) is 25.3. The zero-order chi connectivity index (χ0) is 13.7. The van der Waals surface area contributed by atoms with Gasteiger partial charge in [0.05, 0.1) is 5.56 Å². The van der Waals surface area contributed by atoms with E-state index in [9.17, 15) is 18.4 Å². The lowest BCUT2D eigenvalue weighted by Crippen LogP contribution is -2.40. The van der Waals surface area contributed by atoms with E-state index in [1.165, 1.54) is 6.08 Å². The Bertz CT molecular complexity index is 491. The van der Waals surface area contributed by atoms with Crippen molar-refractivity contribution in [3.05, 3.63) is 42.2 Å². The molecule has 0 saturated heterocycles. The molecule has 1 unspecified atom stereocenters. The van der Waals surface area contributed by atoms with Crippen molar-refractivity contribution in [2.75, 3.05) is 0 Å². The first-order valence-electron chi connectivity index (χ1n) is 4.92. The molecule has 1 atom stereocenters. The van der Waals surface area contributed by atoms with Crippen LogP contribution in [0.1, 0.15) is 16.8 Å². The summed E-state index contributed by atoms with van der Waals surface area (Å²) < 4.78 is 26.0. The topological polar surface area (TPSA) is 79.3 Å². The Kier molecular flexibility index (Phi) is 4.47. The first kappa shape index (κ1) is 13.8. The summed E-state index contributed by atoms with van der Waals surface area (Å²) in [6.45, 7) is 3.34. The molecule has 18 heavy (non-hydrogen) atoms. The van der Waals surface area contributed by atoms with E-state index in [-0.39, 0.29) is 6.42 Å². The molecule has 0 fully saturated rings. The number of carboxylic acids is 1. The first-order valence-corrected chi connectivity index (χ1v) is 4.92. The summed E-state index contributed by atoms with van der Waals surface area (Å²) in [7, 11) is 0. The maximum absolute atomic E-state index is 13.2. The van der Waals surface area contributed by atoms with E-state index in [0.717, 1.165) is 12.3 Å². The fourth-order valence-corrected chi connectivity index (χ4v) is 1.22. The minimum Gasteiger partial charge on any atom is -0.480 e. The average Bonchev–Trinajstić information content (AvgIpc) is 2.31. The second kappa shape index (κ2) is 5.85. The smallest absolute Gasteiger partial charge is 0.326 e. The molecule has 1 aromatic heterocycles. The zero-order valence-electron chi connectivity index (χ0n) is 9.19. The minimum absolute atomic E-state index is 0.0315. The van der Waals surface area contributed by atoms with Gasteiger partial charge >= 0.3 is 5.97 Å². The van der Waals surface area contributed by atoms with Gasteiger partial charge in [0.25, 0.3) is 5.91 Å². The van der Waals surface area contributed by atoms with Crippen LogP contribution in [0.5, 0.6) is 0 Å². The number of aliphatic carboxylic acids is 1. The summed E-state index contributed by atoms with van der Waals surface area (Å²) in [6, 6.07) is -0.286. The summed E-state index contributed by atoms with van der Waals surface area (Å²) in [5, 5.41) is 10.8. The Morgan fingerprint density at radius 1 is 1.56 bits per heavy atom. The predicted molar refractivity (Wildman–Crippen MR) is 57.9 cm³/mol. The fraction of sp³-hybridized carbons (Fsp3) is 0.182. The molecule has 0 aliphatic rings. The van der Waals surface area contributed by atoms with Crippen LogP contribution in [0.4, 0.5) is 8.78 Å². The van der Waals surface area contributed by atoms with Gasteiger partial charge in [0, 0.05) is 6.20 Å². The number of halogens is 2. The Balaban J connectivity index is 2.90. The third-order valence-corrected chi connectivity index (χ3v) is 2.10. The Labute approximate surface area is 101 Å². The van der Waals surface area contributed by atoms with Crippen molar-refractivity contribution < 1.29 is 23.5 Å². The van der Waals surface area contributed by atoms with Gasteiger partial charge in [0.15, 0.2) is 5.82 Å². The molecule has 1 heterocycles. The van der Waals surface area contributed by atoms with Gasteiger partial charge in [-0.05, 0) is 12.5 Å². The van der Waals surface area contributed by atoms with Gasteiger partial charge in [-0.15, -0.1) is 6.58 Å². The summed E-state index contributed by atoms with van der Waals surface area (Å²) in [5.41, 5.74) is -0.599.